The summed E-state index contributed by atoms with van der Waals surface area (Å²) in [7, 11) is 3.97. The maximum Gasteiger partial charge on any atom is 0.199 e. The maximum atomic E-state index is 10.6. The van der Waals surface area contributed by atoms with E-state index in [0.717, 1.165) is 33.2 Å². The Bertz CT molecular complexity index is 1080. The summed E-state index contributed by atoms with van der Waals surface area (Å²) in [4.78, 5) is 15.3. The highest BCUT2D eigenvalue weighted by molar-refractivity contribution is 9.10. The summed E-state index contributed by atoms with van der Waals surface area (Å²) in [5.41, 5.74) is 4.39. The molecule has 3 aromatic rings. The lowest BCUT2D eigenvalue weighted by Crippen LogP contribution is -2.18. The number of halogens is 2. The number of rotatable bonds is 5. The predicted octanol–water partition coefficient (Wildman–Crippen LogP) is 4.47. The summed E-state index contributed by atoms with van der Waals surface area (Å²) in [6.45, 7) is 1.23. The molecule has 0 aliphatic carbocycles. The van der Waals surface area contributed by atoms with E-state index in [-0.39, 0.29) is 18.3 Å². The van der Waals surface area contributed by atoms with Crippen molar-refractivity contribution >= 4 is 56.4 Å². The number of aromatic hydroxyl groups is 1. The number of aliphatic imine (C=N–C) groups is 1. The number of aromatic nitrogens is 1. The van der Waals surface area contributed by atoms with Crippen molar-refractivity contribution in [1.29, 1.82) is 0 Å². The van der Waals surface area contributed by atoms with E-state index in [0.29, 0.717) is 23.6 Å². The Kier molecular flexibility index (Phi) is 6.07. The van der Waals surface area contributed by atoms with Crippen LogP contribution in [-0.4, -0.2) is 53.7 Å². The van der Waals surface area contributed by atoms with Crippen LogP contribution in [0.4, 0.5) is 5.69 Å². The van der Waals surface area contributed by atoms with Gasteiger partial charge in [-0.2, -0.15) is 0 Å². The summed E-state index contributed by atoms with van der Waals surface area (Å²) in [5.74, 6) is 0.0654. The molecule has 1 aliphatic rings. The number of H-pyrrole nitrogens is 1. The van der Waals surface area contributed by atoms with Gasteiger partial charge in [-0.15, -0.1) is 12.4 Å². The van der Waals surface area contributed by atoms with Crippen LogP contribution in [0.5, 0.6) is 5.88 Å². The summed E-state index contributed by atoms with van der Waals surface area (Å²) >= 11 is 3.46. The Labute approximate surface area is 177 Å². The van der Waals surface area contributed by atoms with Crippen LogP contribution in [0, 0.1) is 0 Å². The standard InChI is InChI=1S/C20H19BrN4O2.ClH/c1-25(2)9-10-27-24-18-14-5-3-4-6-15(14)22-19(18)17-13-8-7-12(21)11-16(13)23-20(17)26;/h3-8,11,23,26H,9-10H2,1-2H3;1H/b24-18+;. The van der Waals surface area contributed by atoms with Gasteiger partial charge in [-0.25, -0.2) is 4.99 Å². The molecule has 4 rings (SSSR count). The molecule has 0 atom stereocenters. The van der Waals surface area contributed by atoms with Crippen LogP contribution in [0.25, 0.3) is 10.9 Å². The minimum atomic E-state index is 0. The first-order valence-corrected chi connectivity index (χ1v) is 9.37. The third kappa shape index (κ3) is 3.78. The second-order valence-electron chi connectivity index (χ2n) is 6.59. The topological polar surface area (TPSA) is 73.2 Å². The molecule has 0 saturated heterocycles. The van der Waals surface area contributed by atoms with Gasteiger partial charge in [-0.05, 0) is 32.3 Å². The van der Waals surface area contributed by atoms with Crippen molar-refractivity contribution in [3.8, 4) is 5.88 Å². The molecule has 0 bridgehead atoms. The lowest BCUT2D eigenvalue weighted by Gasteiger charge is -2.09. The molecular formula is C20H20BrClN4O2. The minimum absolute atomic E-state index is 0. The van der Waals surface area contributed by atoms with Crippen LogP contribution in [0.1, 0.15) is 11.1 Å². The third-order valence-electron chi connectivity index (χ3n) is 4.38. The van der Waals surface area contributed by atoms with E-state index in [1.807, 2.05) is 61.5 Å². The number of para-hydroxylation sites is 1. The molecule has 0 saturated carbocycles. The molecule has 1 aliphatic heterocycles. The fraction of sp³-hybridized carbons (Fsp3) is 0.200. The van der Waals surface area contributed by atoms with E-state index in [4.69, 9.17) is 9.83 Å². The van der Waals surface area contributed by atoms with Crippen molar-refractivity contribution in [2.75, 3.05) is 27.2 Å². The van der Waals surface area contributed by atoms with Crippen LogP contribution in [0.15, 0.2) is 57.1 Å². The molecule has 0 fully saturated rings. The highest BCUT2D eigenvalue weighted by Crippen LogP contribution is 2.36. The molecule has 2 aromatic carbocycles. The molecule has 0 radical (unpaired) electrons. The van der Waals surface area contributed by atoms with Crippen LogP contribution in [-0.2, 0) is 4.84 Å². The highest BCUT2D eigenvalue weighted by Gasteiger charge is 2.29. The number of nitrogens with one attached hydrogen (secondary N) is 1. The van der Waals surface area contributed by atoms with Gasteiger partial charge < -0.3 is 19.8 Å². The summed E-state index contributed by atoms with van der Waals surface area (Å²) < 4.78 is 0.931. The monoisotopic (exact) mass is 462 g/mol. The maximum absolute atomic E-state index is 10.6. The normalized spacial score (nSPS) is 14.3. The number of hydrogen-bond donors (Lipinski definition) is 2. The Morgan fingerprint density at radius 3 is 2.79 bits per heavy atom. The average Bonchev–Trinajstić information content (AvgIpc) is 3.14. The fourth-order valence-electron chi connectivity index (χ4n) is 3.07. The van der Waals surface area contributed by atoms with Crippen molar-refractivity contribution < 1.29 is 9.94 Å². The van der Waals surface area contributed by atoms with Gasteiger partial charge in [0.15, 0.2) is 5.88 Å². The first kappa shape index (κ1) is 20.4. The highest BCUT2D eigenvalue weighted by atomic mass is 79.9. The fourth-order valence-corrected chi connectivity index (χ4v) is 3.43. The zero-order valence-corrected chi connectivity index (χ0v) is 17.8. The number of hydrogen-bond acceptors (Lipinski definition) is 5. The molecule has 1 aromatic heterocycles. The average molecular weight is 464 g/mol. The summed E-state index contributed by atoms with van der Waals surface area (Å²) in [5, 5.41) is 15.8. The zero-order chi connectivity index (χ0) is 19.0. The smallest absolute Gasteiger partial charge is 0.199 e. The van der Waals surface area contributed by atoms with E-state index in [2.05, 4.69) is 26.1 Å². The number of likely N-dealkylation sites (N-methyl/N-ethyl adjacent to an activating group) is 1. The van der Waals surface area contributed by atoms with E-state index >= 15 is 0 Å². The van der Waals surface area contributed by atoms with Crippen LogP contribution < -0.4 is 0 Å². The Hall–Kier alpha value is -2.35. The lowest BCUT2D eigenvalue weighted by molar-refractivity contribution is 0.126. The zero-order valence-electron chi connectivity index (χ0n) is 15.4. The molecule has 2 heterocycles. The molecule has 146 valence electrons. The molecule has 2 N–H and O–H groups in total. The van der Waals surface area contributed by atoms with Gasteiger partial charge in [0.05, 0.1) is 16.8 Å². The molecule has 6 nitrogen and oxygen atoms in total. The van der Waals surface area contributed by atoms with Gasteiger partial charge in [-0.3, -0.25) is 0 Å². The number of nitrogens with zero attached hydrogens (tertiary/aromatic N) is 3. The molecular weight excluding hydrogens is 444 g/mol. The van der Waals surface area contributed by atoms with Crippen molar-refractivity contribution in [1.82, 2.24) is 9.88 Å². The Balaban J connectivity index is 0.00000225. The first-order chi connectivity index (χ1) is 13.0. The van der Waals surface area contributed by atoms with Crippen molar-refractivity contribution in [2.24, 2.45) is 10.1 Å². The predicted molar refractivity (Wildman–Crippen MR) is 119 cm³/mol. The summed E-state index contributed by atoms with van der Waals surface area (Å²) in [6.07, 6.45) is 0. The second kappa shape index (κ2) is 8.34. The van der Waals surface area contributed by atoms with Crippen LogP contribution >= 0.6 is 28.3 Å². The molecule has 0 spiro atoms. The van der Waals surface area contributed by atoms with Crippen molar-refractivity contribution in [3.05, 3.63) is 58.1 Å². The van der Waals surface area contributed by atoms with Gasteiger partial charge in [0.25, 0.3) is 0 Å². The van der Waals surface area contributed by atoms with Crippen LogP contribution in [0.3, 0.4) is 0 Å². The van der Waals surface area contributed by atoms with E-state index < -0.39 is 0 Å². The number of aromatic amines is 1. The third-order valence-corrected chi connectivity index (χ3v) is 4.87. The Morgan fingerprint density at radius 1 is 1.21 bits per heavy atom. The largest absolute Gasteiger partial charge is 0.494 e. The molecule has 8 heteroatoms. The first-order valence-electron chi connectivity index (χ1n) is 8.58. The van der Waals surface area contributed by atoms with Gasteiger partial charge in [0, 0.05) is 22.0 Å². The molecule has 0 amide bonds. The van der Waals surface area contributed by atoms with Gasteiger partial charge in [-0.1, -0.05) is 45.4 Å². The van der Waals surface area contributed by atoms with Crippen molar-refractivity contribution in [2.45, 2.75) is 0 Å². The van der Waals surface area contributed by atoms with Crippen molar-refractivity contribution in [3.63, 3.8) is 0 Å². The second-order valence-corrected chi connectivity index (χ2v) is 7.51. The lowest BCUT2D eigenvalue weighted by atomic mass is 10.0. The molecule has 28 heavy (non-hydrogen) atoms. The van der Waals surface area contributed by atoms with E-state index in [9.17, 15) is 5.11 Å². The summed E-state index contributed by atoms with van der Waals surface area (Å²) in [6, 6.07) is 13.6. The number of oxime groups is 1. The van der Waals surface area contributed by atoms with Gasteiger partial charge >= 0.3 is 0 Å². The van der Waals surface area contributed by atoms with E-state index in [1.165, 1.54) is 0 Å². The SMILES string of the molecule is CN(C)CCO/N=C1/C(c2c(O)[nH]c3cc(Br)ccc23)=Nc2ccccc21.Cl. The Morgan fingerprint density at radius 2 is 2.00 bits per heavy atom. The van der Waals surface area contributed by atoms with Crippen LogP contribution in [0.2, 0.25) is 0 Å². The van der Waals surface area contributed by atoms with E-state index in [1.54, 1.807) is 0 Å². The minimum Gasteiger partial charge on any atom is -0.494 e. The molecule has 0 unspecified atom stereocenters. The van der Waals surface area contributed by atoms with Gasteiger partial charge in [0.1, 0.15) is 18.0 Å². The number of benzene rings is 2. The number of fused-ring (bicyclic) bond motifs is 2. The quantitative estimate of drug-likeness (QED) is 0.433. The van der Waals surface area contributed by atoms with Gasteiger partial charge in [0.2, 0.25) is 0 Å².